The van der Waals surface area contributed by atoms with Crippen LogP contribution in [0.2, 0.25) is 0 Å². The highest BCUT2D eigenvalue weighted by molar-refractivity contribution is 14.0. The molecule has 1 atom stereocenters. The van der Waals surface area contributed by atoms with Gasteiger partial charge in [-0.15, -0.1) is 24.0 Å². The SMILES string of the molecule is CCNC(=NCC(=O)N(C)CCc1ccccn1)NCC(O)c1ccc(OC(F)F)cc1.I. The van der Waals surface area contributed by atoms with Crippen LogP contribution in [0.5, 0.6) is 5.75 Å². The standard InChI is InChI=1S/C22H29F2N5O3.HI/c1-3-25-22(27-14-19(30)16-7-9-18(10-8-16)32-21(23)24)28-15-20(31)29(2)13-11-17-6-4-5-12-26-17;/h4-10,12,19,21,30H,3,11,13-15H2,1-2H3,(H2,25,27,28);1H. The number of pyridine rings is 1. The number of halogens is 3. The zero-order chi connectivity index (χ0) is 23.3. The summed E-state index contributed by atoms with van der Waals surface area (Å²) in [6.45, 7) is 0.151. The molecule has 182 valence electrons. The lowest BCUT2D eigenvalue weighted by atomic mass is 10.1. The first-order chi connectivity index (χ1) is 15.4. The first kappa shape index (κ1) is 28.5. The summed E-state index contributed by atoms with van der Waals surface area (Å²) in [5.74, 6) is 0.258. The summed E-state index contributed by atoms with van der Waals surface area (Å²) in [6.07, 6.45) is 1.46. The molecule has 0 radical (unpaired) electrons. The predicted octanol–water partition coefficient (Wildman–Crippen LogP) is 2.59. The maximum absolute atomic E-state index is 12.4. The van der Waals surface area contributed by atoms with E-state index < -0.39 is 12.7 Å². The number of aliphatic hydroxyl groups excluding tert-OH is 1. The lowest BCUT2D eigenvalue weighted by Crippen LogP contribution is -2.40. The third-order valence-electron chi connectivity index (χ3n) is 4.52. The van der Waals surface area contributed by atoms with E-state index in [1.807, 2.05) is 25.1 Å². The molecular weight excluding hydrogens is 547 g/mol. The molecule has 33 heavy (non-hydrogen) atoms. The van der Waals surface area contributed by atoms with E-state index in [1.165, 1.54) is 24.3 Å². The Morgan fingerprint density at radius 2 is 1.94 bits per heavy atom. The molecule has 0 fully saturated rings. The van der Waals surface area contributed by atoms with Gasteiger partial charge in [0.15, 0.2) is 5.96 Å². The molecule has 0 aliphatic carbocycles. The van der Waals surface area contributed by atoms with Gasteiger partial charge in [-0.2, -0.15) is 8.78 Å². The van der Waals surface area contributed by atoms with Gasteiger partial charge in [0.2, 0.25) is 5.91 Å². The molecule has 0 aliphatic rings. The minimum absolute atomic E-state index is 0. The minimum Gasteiger partial charge on any atom is -0.435 e. The molecule has 8 nitrogen and oxygen atoms in total. The molecule has 0 bridgehead atoms. The van der Waals surface area contributed by atoms with Crippen molar-refractivity contribution in [3.05, 3.63) is 59.9 Å². The number of aliphatic hydroxyl groups is 1. The fraction of sp³-hybridized carbons (Fsp3) is 0.409. The summed E-state index contributed by atoms with van der Waals surface area (Å²) in [5, 5.41) is 16.3. The second kappa shape index (κ2) is 15.3. The van der Waals surface area contributed by atoms with Crippen LogP contribution in [0.3, 0.4) is 0 Å². The van der Waals surface area contributed by atoms with Crippen molar-refractivity contribution in [1.82, 2.24) is 20.5 Å². The van der Waals surface area contributed by atoms with Crippen molar-refractivity contribution >= 4 is 35.8 Å². The van der Waals surface area contributed by atoms with Crippen molar-refractivity contribution in [1.29, 1.82) is 0 Å². The Morgan fingerprint density at radius 1 is 1.21 bits per heavy atom. The van der Waals surface area contributed by atoms with E-state index in [4.69, 9.17) is 0 Å². The number of nitrogens with one attached hydrogen (secondary N) is 2. The molecule has 0 saturated carbocycles. The third-order valence-corrected chi connectivity index (χ3v) is 4.52. The highest BCUT2D eigenvalue weighted by atomic mass is 127. The fourth-order valence-corrected chi connectivity index (χ4v) is 2.74. The lowest BCUT2D eigenvalue weighted by Gasteiger charge is -2.18. The van der Waals surface area contributed by atoms with E-state index in [2.05, 4.69) is 25.3 Å². The average molecular weight is 577 g/mol. The van der Waals surface area contributed by atoms with Crippen molar-refractivity contribution in [3.63, 3.8) is 0 Å². The number of aromatic nitrogens is 1. The van der Waals surface area contributed by atoms with E-state index in [1.54, 1.807) is 18.1 Å². The van der Waals surface area contributed by atoms with E-state index in [0.717, 1.165) is 5.69 Å². The summed E-state index contributed by atoms with van der Waals surface area (Å²) in [5.41, 5.74) is 1.44. The van der Waals surface area contributed by atoms with Gasteiger partial charge in [0, 0.05) is 45.0 Å². The van der Waals surface area contributed by atoms with Crippen LogP contribution in [0.15, 0.2) is 53.7 Å². The molecule has 1 unspecified atom stereocenters. The van der Waals surface area contributed by atoms with Crippen LogP contribution in [-0.4, -0.2) is 66.7 Å². The largest absolute Gasteiger partial charge is 0.435 e. The molecule has 2 aromatic rings. The summed E-state index contributed by atoms with van der Waals surface area (Å²) >= 11 is 0. The first-order valence-corrected chi connectivity index (χ1v) is 10.3. The second-order valence-corrected chi connectivity index (χ2v) is 6.93. The number of hydrogen-bond donors (Lipinski definition) is 3. The number of rotatable bonds is 11. The summed E-state index contributed by atoms with van der Waals surface area (Å²) in [6, 6.07) is 11.4. The summed E-state index contributed by atoms with van der Waals surface area (Å²) < 4.78 is 28.8. The topological polar surface area (TPSA) is 99.1 Å². The van der Waals surface area contributed by atoms with E-state index in [9.17, 15) is 18.7 Å². The molecule has 2 rings (SSSR count). The van der Waals surface area contributed by atoms with Crippen LogP contribution in [0.4, 0.5) is 8.78 Å². The van der Waals surface area contributed by atoms with Gasteiger partial charge in [0.1, 0.15) is 12.3 Å². The van der Waals surface area contributed by atoms with E-state index in [-0.39, 0.29) is 48.7 Å². The maximum atomic E-state index is 12.4. The third kappa shape index (κ3) is 10.7. The number of likely N-dealkylation sites (N-methyl/N-ethyl adjacent to an activating group) is 1. The monoisotopic (exact) mass is 577 g/mol. The van der Waals surface area contributed by atoms with Crippen LogP contribution >= 0.6 is 24.0 Å². The highest BCUT2D eigenvalue weighted by Gasteiger charge is 2.12. The Hall–Kier alpha value is -2.54. The van der Waals surface area contributed by atoms with Crippen LogP contribution in [0.1, 0.15) is 24.3 Å². The number of hydrogen-bond acceptors (Lipinski definition) is 5. The Kier molecular flexibility index (Phi) is 13.2. The van der Waals surface area contributed by atoms with Crippen LogP contribution in [-0.2, 0) is 11.2 Å². The van der Waals surface area contributed by atoms with Gasteiger partial charge in [-0.1, -0.05) is 18.2 Å². The summed E-state index contributed by atoms with van der Waals surface area (Å²) in [4.78, 5) is 22.5. The molecular formula is C22H30F2IN5O3. The van der Waals surface area contributed by atoms with Gasteiger partial charge in [0.05, 0.1) is 6.10 Å². The zero-order valence-electron chi connectivity index (χ0n) is 18.6. The molecule has 11 heteroatoms. The zero-order valence-corrected chi connectivity index (χ0v) is 20.9. The predicted molar refractivity (Wildman–Crippen MR) is 133 cm³/mol. The van der Waals surface area contributed by atoms with Gasteiger partial charge in [-0.25, -0.2) is 4.99 Å². The Labute approximate surface area is 209 Å². The van der Waals surface area contributed by atoms with Gasteiger partial charge in [0.25, 0.3) is 0 Å². The number of carbonyl (C=O) groups is 1. The molecule has 0 saturated heterocycles. The van der Waals surface area contributed by atoms with Crippen molar-refractivity contribution < 1.29 is 23.4 Å². The number of nitrogens with zero attached hydrogens (tertiary/aromatic N) is 3. The van der Waals surface area contributed by atoms with E-state index >= 15 is 0 Å². The van der Waals surface area contributed by atoms with Gasteiger partial charge < -0.3 is 25.4 Å². The van der Waals surface area contributed by atoms with Crippen LogP contribution in [0, 0.1) is 0 Å². The van der Waals surface area contributed by atoms with E-state index in [0.29, 0.717) is 31.0 Å². The maximum Gasteiger partial charge on any atom is 0.387 e. The highest BCUT2D eigenvalue weighted by Crippen LogP contribution is 2.18. The molecule has 0 aliphatic heterocycles. The number of amides is 1. The van der Waals surface area contributed by atoms with Crippen LogP contribution < -0.4 is 15.4 Å². The van der Waals surface area contributed by atoms with Crippen molar-refractivity contribution in [2.24, 2.45) is 4.99 Å². The number of alkyl halides is 2. The Balaban J connectivity index is 0.00000544. The number of ether oxygens (including phenoxy) is 1. The van der Waals surface area contributed by atoms with Gasteiger partial charge >= 0.3 is 6.61 Å². The van der Waals surface area contributed by atoms with Crippen molar-refractivity contribution in [2.45, 2.75) is 26.1 Å². The number of aliphatic imine (C=N–C) groups is 1. The average Bonchev–Trinajstić information content (AvgIpc) is 2.79. The molecule has 1 amide bonds. The van der Waals surface area contributed by atoms with Crippen molar-refractivity contribution in [3.8, 4) is 5.75 Å². The fourth-order valence-electron chi connectivity index (χ4n) is 2.74. The second-order valence-electron chi connectivity index (χ2n) is 6.93. The smallest absolute Gasteiger partial charge is 0.387 e. The normalized spacial score (nSPS) is 12.0. The lowest BCUT2D eigenvalue weighted by molar-refractivity contribution is -0.128. The molecule has 1 heterocycles. The first-order valence-electron chi connectivity index (χ1n) is 10.3. The summed E-state index contributed by atoms with van der Waals surface area (Å²) in [7, 11) is 1.71. The molecule has 0 spiro atoms. The molecule has 1 aromatic carbocycles. The Bertz CT molecular complexity index is 857. The quantitative estimate of drug-likeness (QED) is 0.216. The van der Waals surface area contributed by atoms with Gasteiger partial charge in [-0.3, -0.25) is 9.78 Å². The molecule has 1 aromatic heterocycles. The Morgan fingerprint density at radius 3 is 2.55 bits per heavy atom. The van der Waals surface area contributed by atoms with Crippen LogP contribution in [0.25, 0.3) is 0 Å². The molecule has 3 N–H and O–H groups in total. The van der Waals surface area contributed by atoms with Gasteiger partial charge in [-0.05, 0) is 36.8 Å². The van der Waals surface area contributed by atoms with Crippen molar-refractivity contribution in [2.75, 3.05) is 33.2 Å². The minimum atomic E-state index is -2.90. The number of guanidine groups is 1. The number of carbonyl (C=O) groups excluding carboxylic acids is 1. The number of benzene rings is 1.